The summed E-state index contributed by atoms with van der Waals surface area (Å²) in [5.74, 6) is 0.209. The molecule has 0 aliphatic heterocycles. The number of methoxy groups -OCH3 is 1. The standard InChI is InChI=1S/C19H16ClNO4S/c1-24-15-6-3-13-9-14(18(20)21-17(13)10-15)11-25-19(22)12-4-7-16(8-5-12)26(2)23/h3-10H,11H2,1-2H3/t26-/m1/s1. The van der Waals surface area contributed by atoms with E-state index in [9.17, 15) is 9.00 Å². The van der Waals surface area contributed by atoms with Gasteiger partial charge in [0, 0.05) is 39.0 Å². The predicted molar refractivity (Wildman–Crippen MR) is 101 cm³/mol. The van der Waals surface area contributed by atoms with Gasteiger partial charge in [0.2, 0.25) is 0 Å². The number of aromatic nitrogens is 1. The van der Waals surface area contributed by atoms with Crippen LogP contribution in [0.15, 0.2) is 53.4 Å². The normalized spacial score (nSPS) is 12.0. The Balaban J connectivity index is 1.75. The highest BCUT2D eigenvalue weighted by molar-refractivity contribution is 7.84. The molecule has 2 aromatic carbocycles. The molecule has 26 heavy (non-hydrogen) atoms. The van der Waals surface area contributed by atoms with E-state index in [1.165, 1.54) is 0 Å². The average molecular weight is 390 g/mol. The van der Waals surface area contributed by atoms with E-state index in [0.717, 1.165) is 5.39 Å². The van der Waals surface area contributed by atoms with Gasteiger partial charge in [-0.15, -0.1) is 0 Å². The number of nitrogens with zero attached hydrogens (tertiary/aromatic N) is 1. The van der Waals surface area contributed by atoms with Gasteiger partial charge in [-0.05, 0) is 42.5 Å². The second kappa shape index (κ2) is 7.85. The fourth-order valence-corrected chi connectivity index (χ4v) is 3.12. The summed E-state index contributed by atoms with van der Waals surface area (Å²) in [7, 11) is 0.495. The number of hydrogen-bond donors (Lipinski definition) is 0. The summed E-state index contributed by atoms with van der Waals surface area (Å²) < 4.78 is 21.9. The summed E-state index contributed by atoms with van der Waals surface area (Å²) >= 11 is 6.21. The number of carbonyl (C=O) groups excluding carboxylic acids is 1. The number of fused-ring (bicyclic) bond motifs is 1. The van der Waals surface area contributed by atoms with Crippen LogP contribution in [0.4, 0.5) is 0 Å². The number of pyridine rings is 1. The first kappa shape index (κ1) is 18.4. The van der Waals surface area contributed by atoms with E-state index in [-0.39, 0.29) is 11.8 Å². The Kier molecular flexibility index (Phi) is 5.54. The van der Waals surface area contributed by atoms with Gasteiger partial charge in [0.25, 0.3) is 0 Å². The Bertz CT molecular complexity index is 989. The van der Waals surface area contributed by atoms with Crippen LogP contribution in [0, 0.1) is 0 Å². The van der Waals surface area contributed by atoms with Crippen molar-refractivity contribution in [2.24, 2.45) is 0 Å². The summed E-state index contributed by atoms with van der Waals surface area (Å²) in [4.78, 5) is 17.2. The van der Waals surface area contributed by atoms with Gasteiger partial charge in [-0.25, -0.2) is 9.78 Å². The van der Waals surface area contributed by atoms with E-state index < -0.39 is 16.8 Å². The van der Waals surface area contributed by atoms with Crippen molar-refractivity contribution in [1.29, 1.82) is 0 Å². The third-order valence-electron chi connectivity index (χ3n) is 3.83. The third kappa shape index (κ3) is 4.03. The Morgan fingerprint density at radius 1 is 1.15 bits per heavy atom. The molecule has 1 heterocycles. The van der Waals surface area contributed by atoms with Gasteiger partial charge in [-0.2, -0.15) is 0 Å². The van der Waals surface area contributed by atoms with Gasteiger partial charge < -0.3 is 9.47 Å². The molecule has 0 spiro atoms. The van der Waals surface area contributed by atoms with Gasteiger partial charge in [-0.3, -0.25) is 4.21 Å². The number of esters is 1. The van der Waals surface area contributed by atoms with Gasteiger partial charge in [0.1, 0.15) is 17.5 Å². The van der Waals surface area contributed by atoms with E-state index in [0.29, 0.717) is 27.3 Å². The second-order valence-corrected chi connectivity index (χ2v) is 7.29. The molecule has 3 rings (SSSR count). The highest BCUT2D eigenvalue weighted by Gasteiger charge is 2.11. The molecule has 0 bridgehead atoms. The highest BCUT2D eigenvalue weighted by Crippen LogP contribution is 2.25. The monoisotopic (exact) mass is 389 g/mol. The van der Waals surface area contributed by atoms with E-state index in [2.05, 4.69) is 4.98 Å². The number of benzene rings is 2. The van der Waals surface area contributed by atoms with Crippen LogP contribution >= 0.6 is 11.6 Å². The average Bonchev–Trinajstić information content (AvgIpc) is 2.65. The van der Waals surface area contributed by atoms with Crippen LogP contribution in [0.5, 0.6) is 5.75 Å². The largest absolute Gasteiger partial charge is 0.497 e. The molecule has 0 saturated heterocycles. The van der Waals surface area contributed by atoms with Crippen LogP contribution in [-0.2, 0) is 22.1 Å². The number of rotatable bonds is 5. The topological polar surface area (TPSA) is 65.5 Å². The maximum atomic E-state index is 12.2. The number of halogens is 1. The summed E-state index contributed by atoms with van der Waals surface area (Å²) in [5, 5.41) is 1.14. The van der Waals surface area contributed by atoms with Crippen molar-refractivity contribution in [1.82, 2.24) is 4.98 Å². The van der Waals surface area contributed by atoms with Crippen molar-refractivity contribution in [3.05, 3.63) is 64.8 Å². The van der Waals surface area contributed by atoms with Crippen LogP contribution in [0.3, 0.4) is 0 Å². The smallest absolute Gasteiger partial charge is 0.338 e. The second-order valence-electron chi connectivity index (χ2n) is 5.55. The van der Waals surface area contributed by atoms with Crippen LogP contribution in [0.1, 0.15) is 15.9 Å². The van der Waals surface area contributed by atoms with Crippen LogP contribution in [0.2, 0.25) is 5.15 Å². The zero-order chi connectivity index (χ0) is 18.7. The van der Waals surface area contributed by atoms with Gasteiger partial charge in [0.05, 0.1) is 18.2 Å². The molecule has 0 N–H and O–H groups in total. The molecule has 7 heteroatoms. The van der Waals surface area contributed by atoms with Crippen molar-refractivity contribution < 1.29 is 18.5 Å². The molecule has 1 aromatic heterocycles. The summed E-state index contributed by atoms with van der Waals surface area (Å²) in [5.41, 5.74) is 1.70. The van der Waals surface area contributed by atoms with Crippen molar-refractivity contribution in [3.63, 3.8) is 0 Å². The van der Waals surface area contributed by atoms with Crippen LogP contribution < -0.4 is 4.74 Å². The third-order valence-corrected chi connectivity index (χ3v) is 5.09. The van der Waals surface area contributed by atoms with Crippen molar-refractivity contribution >= 4 is 39.3 Å². The Morgan fingerprint density at radius 3 is 2.54 bits per heavy atom. The zero-order valence-corrected chi connectivity index (χ0v) is 15.8. The maximum absolute atomic E-state index is 12.2. The van der Waals surface area contributed by atoms with Gasteiger partial charge in [0.15, 0.2) is 0 Å². The maximum Gasteiger partial charge on any atom is 0.338 e. The Labute approximate surface area is 158 Å². The Morgan fingerprint density at radius 2 is 1.88 bits per heavy atom. The van der Waals surface area contributed by atoms with E-state index in [4.69, 9.17) is 21.1 Å². The first-order chi connectivity index (χ1) is 12.5. The number of hydrogen-bond acceptors (Lipinski definition) is 5. The molecule has 0 fully saturated rings. The summed E-state index contributed by atoms with van der Waals surface area (Å²) in [6, 6.07) is 13.8. The van der Waals surface area contributed by atoms with E-state index in [1.807, 2.05) is 18.2 Å². The molecule has 0 aliphatic carbocycles. The zero-order valence-electron chi connectivity index (χ0n) is 14.2. The SMILES string of the molecule is COc1ccc2cc(COC(=O)c3ccc([S@@](C)=O)cc3)c(Cl)nc2c1. The molecular weight excluding hydrogens is 374 g/mol. The van der Waals surface area contributed by atoms with Crippen LogP contribution in [-0.4, -0.2) is 28.5 Å². The lowest BCUT2D eigenvalue weighted by molar-refractivity contribution is 0.0472. The van der Waals surface area contributed by atoms with E-state index >= 15 is 0 Å². The Hall–Kier alpha value is -2.44. The lowest BCUT2D eigenvalue weighted by Gasteiger charge is -2.09. The van der Waals surface area contributed by atoms with Gasteiger partial charge in [-0.1, -0.05) is 11.6 Å². The fourth-order valence-electron chi connectivity index (χ4n) is 2.40. The molecule has 0 unspecified atom stereocenters. The molecule has 0 aliphatic rings. The minimum absolute atomic E-state index is 0.00803. The lowest BCUT2D eigenvalue weighted by Crippen LogP contribution is -2.06. The highest BCUT2D eigenvalue weighted by atomic mass is 35.5. The first-order valence-corrected chi connectivity index (χ1v) is 9.65. The quantitative estimate of drug-likeness (QED) is 0.487. The molecule has 0 saturated carbocycles. The minimum Gasteiger partial charge on any atom is -0.497 e. The molecular formula is C19H16ClNO4S. The number of carbonyl (C=O) groups is 1. The first-order valence-electron chi connectivity index (χ1n) is 7.71. The molecule has 0 amide bonds. The molecule has 1 atom stereocenters. The molecule has 5 nitrogen and oxygen atoms in total. The van der Waals surface area contributed by atoms with Crippen molar-refractivity contribution in [3.8, 4) is 5.75 Å². The molecule has 134 valence electrons. The number of ether oxygens (including phenoxy) is 2. The lowest BCUT2D eigenvalue weighted by atomic mass is 10.1. The summed E-state index contributed by atoms with van der Waals surface area (Å²) in [6.45, 7) is 0.00803. The summed E-state index contributed by atoms with van der Waals surface area (Å²) in [6.07, 6.45) is 1.58. The van der Waals surface area contributed by atoms with E-state index in [1.54, 1.807) is 43.7 Å². The van der Waals surface area contributed by atoms with Crippen molar-refractivity contribution in [2.75, 3.05) is 13.4 Å². The van der Waals surface area contributed by atoms with Crippen LogP contribution in [0.25, 0.3) is 10.9 Å². The minimum atomic E-state index is -1.09. The van der Waals surface area contributed by atoms with Crippen molar-refractivity contribution in [2.45, 2.75) is 11.5 Å². The fraction of sp³-hybridized carbons (Fsp3) is 0.158. The predicted octanol–water partition coefficient (Wildman–Crippen LogP) is 3.99. The molecule has 3 aromatic rings. The van der Waals surface area contributed by atoms with Gasteiger partial charge >= 0.3 is 5.97 Å². The molecule has 0 radical (unpaired) electrons.